The molecule has 0 aromatic carbocycles. The third kappa shape index (κ3) is 2.76. The number of nitrogens with zero attached hydrogens (tertiary/aromatic N) is 1. The van der Waals surface area contributed by atoms with Gasteiger partial charge in [-0.3, -0.25) is 0 Å². The van der Waals surface area contributed by atoms with Crippen molar-refractivity contribution in [2.75, 3.05) is 20.6 Å². The number of nitrogens with one attached hydrogen (secondary N) is 1. The first-order valence-electron chi connectivity index (χ1n) is 6.77. The van der Waals surface area contributed by atoms with E-state index in [0.29, 0.717) is 18.1 Å². The second-order valence-electron chi connectivity index (χ2n) is 5.63. The van der Waals surface area contributed by atoms with Crippen molar-refractivity contribution in [3.63, 3.8) is 0 Å². The van der Waals surface area contributed by atoms with E-state index in [0.717, 1.165) is 19.3 Å². The maximum absolute atomic E-state index is 12.4. The molecule has 1 aromatic rings. The van der Waals surface area contributed by atoms with Crippen molar-refractivity contribution in [1.29, 1.82) is 0 Å². The van der Waals surface area contributed by atoms with Gasteiger partial charge >= 0.3 is 0 Å². The van der Waals surface area contributed by atoms with E-state index in [9.17, 15) is 8.42 Å². The number of nitrogens with two attached hydrogens (primary N) is 1. The summed E-state index contributed by atoms with van der Waals surface area (Å²) in [6, 6.07) is 1.50. The highest BCUT2D eigenvalue weighted by atomic mass is 32.2. The molecule has 0 atom stereocenters. The van der Waals surface area contributed by atoms with Crippen molar-refractivity contribution < 1.29 is 12.8 Å². The maximum atomic E-state index is 12.4. The number of likely N-dealkylation sites (N-methyl/N-ethyl adjacent to an activating group) is 1. The Morgan fingerprint density at radius 2 is 2.10 bits per heavy atom. The lowest BCUT2D eigenvalue weighted by molar-refractivity contribution is 0.0656. The molecule has 3 N–H and O–H groups in total. The molecule has 20 heavy (non-hydrogen) atoms. The average molecular weight is 301 g/mol. The van der Waals surface area contributed by atoms with Crippen molar-refractivity contribution in [3.05, 3.63) is 17.6 Å². The van der Waals surface area contributed by atoms with Crippen LogP contribution in [0.4, 0.5) is 0 Å². The van der Waals surface area contributed by atoms with Gasteiger partial charge < -0.3 is 15.1 Å². The fourth-order valence-electron chi connectivity index (χ4n) is 2.57. The predicted octanol–water partition coefficient (Wildman–Crippen LogP) is 0.809. The fourth-order valence-corrected chi connectivity index (χ4v) is 3.89. The van der Waals surface area contributed by atoms with Gasteiger partial charge in [0.25, 0.3) is 0 Å². The molecule has 1 saturated carbocycles. The summed E-state index contributed by atoms with van der Waals surface area (Å²) in [6.45, 7) is 2.25. The minimum atomic E-state index is -3.55. The monoisotopic (exact) mass is 301 g/mol. The third-order valence-corrected chi connectivity index (χ3v) is 5.75. The number of sulfonamides is 1. The summed E-state index contributed by atoms with van der Waals surface area (Å²) in [5.74, 6) is 0.860. The van der Waals surface area contributed by atoms with Crippen LogP contribution < -0.4 is 10.5 Å². The molecule has 0 radical (unpaired) electrons. The summed E-state index contributed by atoms with van der Waals surface area (Å²) in [6.07, 6.45) is 3.17. The average Bonchev–Trinajstić information content (AvgIpc) is 2.69. The molecule has 0 spiro atoms. The molecule has 0 saturated heterocycles. The van der Waals surface area contributed by atoms with Gasteiger partial charge in [-0.25, -0.2) is 13.1 Å². The van der Waals surface area contributed by atoms with Crippen LogP contribution in [0.2, 0.25) is 0 Å². The van der Waals surface area contributed by atoms with Gasteiger partial charge in [0.15, 0.2) is 0 Å². The van der Waals surface area contributed by atoms with Crippen LogP contribution in [-0.2, 0) is 16.6 Å². The van der Waals surface area contributed by atoms with Crippen LogP contribution in [0.5, 0.6) is 0 Å². The summed E-state index contributed by atoms with van der Waals surface area (Å²) in [5, 5.41) is 0. The quantitative estimate of drug-likeness (QED) is 0.811. The van der Waals surface area contributed by atoms with Crippen LogP contribution in [-0.4, -0.2) is 39.5 Å². The molecule has 1 aromatic heterocycles. The van der Waals surface area contributed by atoms with Gasteiger partial charge in [0, 0.05) is 18.2 Å². The van der Waals surface area contributed by atoms with Crippen LogP contribution in [0.1, 0.15) is 30.8 Å². The Bertz CT molecular complexity index is 574. The second kappa shape index (κ2) is 5.48. The van der Waals surface area contributed by atoms with Crippen LogP contribution in [0.15, 0.2) is 15.4 Å². The highest BCUT2D eigenvalue weighted by Gasteiger charge is 2.40. The minimum Gasteiger partial charge on any atom is -0.464 e. The molecule has 1 aliphatic rings. The van der Waals surface area contributed by atoms with E-state index in [1.807, 2.05) is 14.1 Å². The highest BCUT2D eigenvalue weighted by molar-refractivity contribution is 7.89. The first kappa shape index (κ1) is 15.5. The Labute approximate surface area is 120 Å². The first-order chi connectivity index (χ1) is 9.31. The third-order valence-electron chi connectivity index (χ3n) is 4.24. The summed E-state index contributed by atoms with van der Waals surface area (Å²) in [7, 11) is 0.429. The molecule has 2 rings (SSSR count). The van der Waals surface area contributed by atoms with Crippen molar-refractivity contribution in [1.82, 2.24) is 9.62 Å². The predicted molar refractivity (Wildman–Crippen MR) is 76.8 cm³/mol. The standard InChI is InChI=1S/C13H23N3O3S/c1-10-12(7-11(8-14)19-10)20(17,18)15-9-13(16(2)3)5-4-6-13/h7,15H,4-6,8-9,14H2,1-3H3. The van der Waals surface area contributed by atoms with E-state index >= 15 is 0 Å². The molecule has 1 aliphatic carbocycles. The van der Waals surface area contributed by atoms with Crippen LogP contribution in [0.25, 0.3) is 0 Å². The lowest BCUT2D eigenvalue weighted by atomic mass is 9.76. The molecule has 1 fully saturated rings. The molecular weight excluding hydrogens is 278 g/mol. The topological polar surface area (TPSA) is 88.6 Å². The van der Waals surface area contributed by atoms with Crippen molar-refractivity contribution >= 4 is 10.0 Å². The lowest BCUT2D eigenvalue weighted by Crippen LogP contribution is -2.57. The number of aryl methyl sites for hydroxylation is 1. The molecule has 0 bridgehead atoms. The Balaban J connectivity index is 2.13. The van der Waals surface area contributed by atoms with E-state index in [4.69, 9.17) is 10.2 Å². The van der Waals surface area contributed by atoms with Crippen LogP contribution in [0, 0.1) is 6.92 Å². The van der Waals surface area contributed by atoms with Gasteiger partial charge in [0.2, 0.25) is 10.0 Å². The smallest absolute Gasteiger partial charge is 0.244 e. The highest BCUT2D eigenvalue weighted by Crippen LogP contribution is 2.35. The number of hydrogen-bond donors (Lipinski definition) is 2. The minimum absolute atomic E-state index is 0.0542. The summed E-state index contributed by atoms with van der Waals surface area (Å²) in [4.78, 5) is 2.29. The Morgan fingerprint density at radius 3 is 2.50 bits per heavy atom. The molecule has 114 valence electrons. The zero-order valence-corrected chi connectivity index (χ0v) is 13.1. The fraction of sp³-hybridized carbons (Fsp3) is 0.692. The zero-order valence-electron chi connectivity index (χ0n) is 12.3. The Hall–Kier alpha value is -0.890. The molecule has 1 heterocycles. The molecular formula is C13H23N3O3S. The summed E-state index contributed by atoms with van der Waals surface area (Å²) < 4.78 is 32.7. The Morgan fingerprint density at radius 1 is 1.45 bits per heavy atom. The summed E-state index contributed by atoms with van der Waals surface area (Å²) >= 11 is 0. The van der Waals surface area contributed by atoms with E-state index in [-0.39, 0.29) is 17.0 Å². The van der Waals surface area contributed by atoms with Gasteiger partial charge in [-0.05, 0) is 40.3 Å². The molecule has 0 amide bonds. The van der Waals surface area contributed by atoms with Crippen LogP contribution in [0.3, 0.4) is 0 Å². The zero-order chi connectivity index (χ0) is 15.0. The van der Waals surface area contributed by atoms with Gasteiger partial charge in [-0.2, -0.15) is 0 Å². The van der Waals surface area contributed by atoms with Gasteiger partial charge in [-0.15, -0.1) is 0 Å². The van der Waals surface area contributed by atoms with E-state index in [1.165, 1.54) is 6.07 Å². The molecule has 6 nitrogen and oxygen atoms in total. The maximum Gasteiger partial charge on any atom is 0.244 e. The SMILES string of the molecule is Cc1oc(CN)cc1S(=O)(=O)NCC1(N(C)C)CCC1. The van der Waals surface area contributed by atoms with Crippen molar-refractivity contribution in [2.24, 2.45) is 5.73 Å². The van der Waals surface area contributed by atoms with E-state index in [2.05, 4.69) is 9.62 Å². The first-order valence-corrected chi connectivity index (χ1v) is 8.25. The van der Waals surface area contributed by atoms with Crippen molar-refractivity contribution in [2.45, 2.75) is 43.2 Å². The Kier molecular flexibility index (Phi) is 4.24. The number of furan rings is 1. The van der Waals surface area contributed by atoms with E-state index < -0.39 is 10.0 Å². The normalized spacial score (nSPS) is 18.2. The number of hydrogen-bond acceptors (Lipinski definition) is 5. The summed E-state index contributed by atoms with van der Waals surface area (Å²) in [5.41, 5.74) is 5.42. The largest absolute Gasteiger partial charge is 0.464 e. The van der Waals surface area contributed by atoms with Gasteiger partial charge in [0.1, 0.15) is 16.4 Å². The number of rotatable bonds is 6. The molecule has 0 unspecified atom stereocenters. The van der Waals surface area contributed by atoms with Gasteiger partial charge in [-0.1, -0.05) is 0 Å². The van der Waals surface area contributed by atoms with Gasteiger partial charge in [0.05, 0.1) is 6.54 Å². The molecule has 7 heteroatoms. The van der Waals surface area contributed by atoms with E-state index in [1.54, 1.807) is 6.92 Å². The molecule has 0 aliphatic heterocycles. The van der Waals surface area contributed by atoms with Crippen molar-refractivity contribution in [3.8, 4) is 0 Å². The lowest BCUT2D eigenvalue weighted by Gasteiger charge is -2.47. The van der Waals surface area contributed by atoms with Crippen LogP contribution >= 0.6 is 0 Å². The second-order valence-corrected chi connectivity index (χ2v) is 7.37.